The standard InChI is InChI=1S/C27H24ClFN4O7/c1-2-39-27(38)24-22(25(36)31-15-5-3-14(28)4-6-15)23(24)26(37)32-19-8-7-16(11-18(19)29)33-10-9-17(12-21(33)35)40-13-20(30)34/h3-12,22-24H,2,13H2,1H3,(H2,30,34)(H,31,36)(H,32,37)/t22-,23+,24+/m1/s1. The minimum absolute atomic E-state index is 0.0584. The first-order chi connectivity index (χ1) is 19.1. The van der Waals surface area contributed by atoms with Crippen LogP contribution in [0.15, 0.2) is 65.6 Å². The lowest BCUT2D eigenvalue weighted by molar-refractivity contribution is -0.146. The second-order valence-corrected chi connectivity index (χ2v) is 9.24. The number of halogens is 2. The molecule has 2 aromatic carbocycles. The van der Waals surface area contributed by atoms with Crippen molar-refractivity contribution in [1.29, 1.82) is 0 Å². The van der Waals surface area contributed by atoms with Crippen LogP contribution in [0.4, 0.5) is 15.8 Å². The predicted molar refractivity (Wildman–Crippen MR) is 143 cm³/mol. The highest BCUT2D eigenvalue weighted by Crippen LogP contribution is 2.48. The number of anilines is 2. The zero-order valence-electron chi connectivity index (χ0n) is 21.1. The van der Waals surface area contributed by atoms with E-state index in [0.29, 0.717) is 10.7 Å². The number of hydrogen-bond acceptors (Lipinski definition) is 7. The molecule has 40 heavy (non-hydrogen) atoms. The van der Waals surface area contributed by atoms with E-state index in [-0.39, 0.29) is 23.7 Å². The Balaban J connectivity index is 1.48. The molecule has 1 saturated carbocycles. The van der Waals surface area contributed by atoms with Crippen molar-refractivity contribution in [2.24, 2.45) is 23.5 Å². The fourth-order valence-electron chi connectivity index (χ4n) is 4.14. The minimum atomic E-state index is -1.08. The quantitative estimate of drug-likeness (QED) is 0.316. The maximum atomic E-state index is 15.0. The number of benzene rings is 2. The zero-order valence-corrected chi connectivity index (χ0v) is 21.8. The van der Waals surface area contributed by atoms with Gasteiger partial charge in [0.1, 0.15) is 11.6 Å². The second-order valence-electron chi connectivity index (χ2n) is 8.80. The van der Waals surface area contributed by atoms with Crippen LogP contribution >= 0.6 is 11.6 Å². The largest absolute Gasteiger partial charge is 0.484 e. The van der Waals surface area contributed by atoms with E-state index in [2.05, 4.69) is 10.6 Å². The third kappa shape index (κ3) is 6.46. The Kier molecular flexibility index (Phi) is 8.49. The monoisotopic (exact) mass is 570 g/mol. The van der Waals surface area contributed by atoms with E-state index >= 15 is 0 Å². The minimum Gasteiger partial charge on any atom is -0.484 e. The number of hydrogen-bond donors (Lipinski definition) is 3. The van der Waals surface area contributed by atoms with E-state index in [1.165, 1.54) is 24.4 Å². The molecule has 4 N–H and O–H groups in total. The fraction of sp³-hybridized carbons (Fsp3) is 0.222. The van der Waals surface area contributed by atoms with Crippen molar-refractivity contribution in [3.63, 3.8) is 0 Å². The number of carbonyl (C=O) groups excluding carboxylic acids is 4. The van der Waals surface area contributed by atoms with Crippen molar-refractivity contribution in [1.82, 2.24) is 4.57 Å². The van der Waals surface area contributed by atoms with Gasteiger partial charge in [-0.25, -0.2) is 4.39 Å². The van der Waals surface area contributed by atoms with Crippen molar-refractivity contribution in [3.05, 3.63) is 82.0 Å². The summed E-state index contributed by atoms with van der Waals surface area (Å²) in [6.45, 7) is 1.25. The Hall–Kier alpha value is -4.71. The van der Waals surface area contributed by atoms with Crippen LogP contribution < -0.4 is 26.7 Å². The molecule has 1 aromatic heterocycles. The van der Waals surface area contributed by atoms with Gasteiger partial charge in [0.2, 0.25) is 11.8 Å². The number of primary amides is 1. The summed E-state index contributed by atoms with van der Waals surface area (Å²) in [5.74, 6) is -6.63. The molecule has 0 spiro atoms. The molecule has 0 unspecified atom stereocenters. The lowest BCUT2D eigenvalue weighted by Gasteiger charge is -2.11. The topological polar surface area (TPSA) is 159 Å². The van der Waals surface area contributed by atoms with Crippen LogP contribution in [0.5, 0.6) is 5.75 Å². The van der Waals surface area contributed by atoms with Crippen LogP contribution in [0.3, 0.4) is 0 Å². The van der Waals surface area contributed by atoms with Gasteiger partial charge in [-0.05, 0) is 49.4 Å². The molecule has 3 aromatic rings. The molecule has 3 amide bonds. The maximum Gasteiger partial charge on any atom is 0.310 e. The highest BCUT2D eigenvalue weighted by molar-refractivity contribution is 6.30. The Morgan fingerprint density at radius 2 is 1.65 bits per heavy atom. The average Bonchev–Trinajstić information content (AvgIpc) is 3.67. The number of amides is 3. The van der Waals surface area contributed by atoms with E-state index in [9.17, 15) is 28.4 Å². The van der Waals surface area contributed by atoms with Crippen LogP contribution in [0.1, 0.15) is 6.92 Å². The van der Waals surface area contributed by atoms with E-state index in [1.807, 2.05) is 0 Å². The molecule has 13 heteroatoms. The lowest BCUT2D eigenvalue weighted by atomic mass is 10.2. The first kappa shape index (κ1) is 28.3. The maximum absolute atomic E-state index is 15.0. The molecule has 0 radical (unpaired) electrons. The average molecular weight is 571 g/mol. The number of ether oxygens (including phenoxy) is 2. The molecule has 1 aliphatic rings. The number of nitrogens with one attached hydrogen (secondary N) is 2. The summed E-state index contributed by atoms with van der Waals surface area (Å²) in [5, 5.41) is 5.53. The lowest BCUT2D eigenvalue weighted by Crippen LogP contribution is -2.22. The molecule has 208 valence electrons. The molecular formula is C27H24ClFN4O7. The molecule has 3 atom stereocenters. The summed E-state index contributed by atoms with van der Waals surface area (Å²) in [7, 11) is 0. The van der Waals surface area contributed by atoms with Crippen LogP contribution in [-0.2, 0) is 23.9 Å². The van der Waals surface area contributed by atoms with Gasteiger partial charge in [-0.3, -0.25) is 28.5 Å². The van der Waals surface area contributed by atoms with Crippen LogP contribution in [-0.4, -0.2) is 41.5 Å². The Labute approximate surface area is 232 Å². The number of rotatable bonds is 10. The zero-order chi connectivity index (χ0) is 29.0. The molecule has 1 heterocycles. The van der Waals surface area contributed by atoms with Gasteiger partial charge in [0.25, 0.3) is 11.5 Å². The second kappa shape index (κ2) is 12.0. The number of pyridine rings is 1. The smallest absolute Gasteiger partial charge is 0.310 e. The van der Waals surface area contributed by atoms with E-state index in [0.717, 1.165) is 16.7 Å². The first-order valence-corrected chi connectivity index (χ1v) is 12.4. The van der Waals surface area contributed by atoms with Crippen molar-refractivity contribution < 1.29 is 33.0 Å². The third-order valence-corrected chi connectivity index (χ3v) is 6.31. The van der Waals surface area contributed by atoms with E-state index < -0.39 is 59.4 Å². The molecule has 0 saturated heterocycles. The SMILES string of the molecule is CCOC(=O)[C@H]1[C@H](C(=O)Nc2ccc(Cl)cc2)[C@@H]1C(=O)Nc1ccc(-n2ccc(OCC(N)=O)cc2=O)cc1F. The molecule has 1 fully saturated rings. The number of nitrogens with zero attached hydrogens (tertiary/aromatic N) is 1. The molecule has 0 bridgehead atoms. The van der Waals surface area contributed by atoms with Crippen molar-refractivity contribution >= 4 is 46.7 Å². The van der Waals surface area contributed by atoms with Gasteiger partial charge in [0.15, 0.2) is 6.61 Å². The van der Waals surface area contributed by atoms with Crippen LogP contribution in [0.25, 0.3) is 5.69 Å². The van der Waals surface area contributed by atoms with Gasteiger partial charge >= 0.3 is 5.97 Å². The summed E-state index contributed by atoms with van der Waals surface area (Å²) >= 11 is 5.86. The van der Waals surface area contributed by atoms with Gasteiger partial charge in [-0.15, -0.1) is 0 Å². The summed E-state index contributed by atoms with van der Waals surface area (Å²) in [6, 6.07) is 12.5. The highest BCUT2D eigenvalue weighted by Gasteiger charge is 2.63. The molecule has 4 rings (SSSR count). The number of carbonyl (C=O) groups is 4. The van der Waals surface area contributed by atoms with Crippen LogP contribution in [0.2, 0.25) is 5.02 Å². The summed E-state index contributed by atoms with van der Waals surface area (Å²) in [5.41, 5.74) is 4.81. The van der Waals surface area contributed by atoms with Gasteiger partial charge in [-0.1, -0.05) is 11.6 Å². The van der Waals surface area contributed by atoms with E-state index in [1.54, 1.807) is 31.2 Å². The summed E-state index contributed by atoms with van der Waals surface area (Å²) < 4.78 is 26.2. The first-order valence-electron chi connectivity index (χ1n) is 12.1. The highest BCUT2D eigenvalue weighted by atomic mass is 35.5. The Bertz CT molecular complexity index is 1530. The Morgan fingerprint density at radius 1 is 0.975 bits per heavy atom. The predicted octanol–water partition coefficient (Wildman–Crippen LogP) is 2.50. The number of aromatic nitrogens is 1. The van der Waals surface area contributed by atoms with Gasteiger partial charge in [0.05, 0.1) is 35.7 Å². The molecule has 1 aliphatic carbocycles. The van der Waals surface area contributed by atoms with Crippen molar-refractivity contribution in [2.75, 3.05) is 23.8 Å². The van der Waals surface area contributed by atoms with Crippen LogP contribution in [0, 0.1) is 23.6 Å². The number of esters is 1. The summed E-state index contributed by atoms with van der Waals surface area (Å²) in [6.07, 6.45) is 1.32. The van der Waals surface area contributed by atoms with Crippen molar-refractivity contribution in [2.45, 2.75) is 6.92 Å². The van der Waals surface area contributed by atoms with Gasteiger partial charge in [0, 0.05) is 29.0 Å². The third-order valence-electron chi connectivity index (χ3n) is 6.06. The summed E-state index contributed by atoms with van der Waals surface area (Å²) in [4.78, 5) is 61.6. The normalized spacial score (nSPS) is 17.4. The molecular weight excluding hydrogens is 547 g/mol. The van der Waals surface area contributed by atoms with Gasteiger partial charge < -0.3 is 25.8 Å². The van der Waals surface area contributed by atoms with Crippen molar-refractivity contribution in [3.8, 4) is 11.4 Å². The molecule has 11 nitrogen and oxygen atoms in total. The number of nitrogens with two attached hydrogens (primary N) is 1. The van der Waals surface area contributed by atoms with Gasteiger partial charge in [-0.2, -0.15) is 0 Å². The molecule has 0 aliphatic heterocycles. The fourth-order valence-corrected chi connectivity index (χ4v) is 4.27. The van der Waals surface area contributed by atoms with E-state index in [4.69, 9.17) is 26.8 Å². The Morgan fingerprint density at radius 3 is 2.25 bits per heavy atom.